The van der Waals surface area contributed by atoms with Crippen LogP contribution < -0.4 is 5.32 Å². The maximum absolute atomic E-state index is 12.5. The predicted molar refractivity (Wildman–Crippen MR) is 92.4 cm³/mol. The van der Waals surface area contributed by atoms with Crippen LogP contribution in [0.25, 0.3) is 0 Å². The van der Waals surface area contributed by atoms with E-state index >= 15 is 0 Å². The van der Waals surface area contributed by atoms with E-state index in [0.29, 0.717) is 24.9 Å². The number of amides is 2. The number of urea groups is 1. The molecule has 0 radical (unpaired) electrons. The van der Waals surface area contributed by atoms with Gasteiger partial charge in [-0.25, -0.2) is 4.79 Å². The van der Waals surface area contributed by atoms with Gasteiger partial charge in [-0.3, -0.25) is 5.10 Å². The molecule has 1 aliphatic rings. The lowest BCUT2D eigenvalue weighted by molar-refractivity contribution is 0.187. The van der Waals surface area contributed by atoms with Crippen LogP contribution in [0.1, 0.15) is 49.6 Å². The third-order valence-corrected chi connectivity index (χ3v) is 4.63. The summed E-state index contributed by atoms with van der Waals surface area (Å²) in [5.74, 6) is 1.07. The Morgan fingerprint density at radius 2 is 2.35 bits per heavy atom. The van der Waals surface area contributed by atoms with E-state index in [4.69, 9.17) is 0 Å². The van der Waals surface area contributed by atoms with Crippen LogP contribution in [0.15, 0.2) is 22.9 Å². The Balaban J connectivity index is 1.55. The average molecular weight is 332 g/mol. The fraction of sp³-hybridized carbons (Fsp3) is 0.529. The summed E-state index contributed by atoms with van der Waals surface area (Å²) in [5.41, 5.74) is 3.29. The van der Waals surface area contributed by atoms with Gasteiger partial charge in [0.25, 0.3) is 0 Å². The van der Waals surface area contributed by atoms with Gasteiger partial charge in [-0.2, -0.15) is 16.4 Å². The van der Waals surface area contributed by atoms with Crippen molar-refractivity contribution in [1.82, 2.24) is 20.4 Å². The molecule has 2 aromatic rings. The quantitative estimate of drug-likeness (QED) is 0.812. The summed E-state index contributed by atoms with van der Waals surface area (Å²) in [5, 5.41) is 14.5. The largest absolute Gasteiger partial charge is 0.332 e. The minimum Gasteiger partial charge on any atom is -0.332 e. The van der Waals surface area contributed by atoms with Gasteiger partial charge in [0.1, 0.15) is 0 Å². The van der Waals surface area contributed by atoms with Crippen molar-refractivity contribution in [3.05, 3.63) is 39.8 Å². The minimum absolute atomic E-state index is 0.0209. The molecule has 1 fully saturated rings. The number of hydrogen-bond donors (Lipinski definition) is 2. The van der Waals surface area contributed by atoms with Crippen LogP contribution in [0.4, 0.5) is 4.79 Å². The van der Waals surface area contributed by atoms with Crippen molar-refractivity contribution in [1.29, 1.82) is 0 Å². The summed E-state index contributed by atoms with van der Waals surface area (Å²) in [4.78, 5) is 14.4. The monoisotopic (exact) mass is 332 g/mol. The van der Waals surface area contributed by atoms with Gasteiger partial charge in [0.05, 0.1) is 17.9 Å². The normalized spacial score (nSPS) is 14.2. The summed E-state index contributed by atoms with van der Waals surface area (Å²) < 4.78 is 0. The lowest BCUT2D eigenvalue weighted by Crippen LogP contribution is -2.41. The first-order valence-corrected chi connectivity index (χ1v) is 9.14. The molecule has 1 saturated carbocycles. The van der Waals surface area contributed by atoms with E-state index in [1.807, 2.05) is 10.3 Å². The van der Waals surface area contributed by atoms with E-state index < -0.39 is 0 Å². The minimum atomic E-state index is -0.0209. The maximum atomic E-state index is 12.5. The molecule has 2 heterocycles. The maximum Gasteiger partial charge on any atom is 0.318 e. The van der Waals surface area contributed by atoms with Crippen LogP contribution in [0.5, 0.6) is 0 Å². The standard InChI is InChI=1S/C17H24N4OS/c1-12(2)9-21(10-13-5-6-23-11-13)17(22)18-8-15-7-16(20-19-15)14-3-4-14/h5-7,11-12,14H,3-4,8-10H2,1-2H3,(H,18,22)(H,19,20). The van der Waals surface area contributed by atoms with Gasteiger partial charge in [-0.15, -0.1) is 0 Å². The molecule has 124 valence electrons. The lowest BCUT2D eigenvalue weighted by atomic mass is 10.2. The van der Waals surface area contributed by atoms with E-state index in [1.54, 1.807) is 11.3 Å². The van der Waals surface area contributed by atoms with Gasteiger partial charge < -0.3 is 10.2 Å². The first kappa shape index (κ1) is 16.1. The predicted octanol–water partition coefficient (Wildman–Crippen LogP) is 3.72. The van der Waals surface area contributed by atoms with Crippen LogP contribution in [-0.2, 0) is 13.1 Å². The zero-order valence-electron chi connectivity index (χ0n) is 13.7. The number of thiophene rings is 1. The second kappa shape index (κ2) is 7.17. The zero-order valence-corrected chi connectivity index (χ0v) is 14.5. The molecule has 6 heteroatoms. The highest BCUT2D eigenvalue weighted by molar-refractivity contribution is 7.07. The van der Waals surface area contributed by atoms with Crippen molar-refractivity contribution in [3.8, 4) is 0 Å². The zero-order chi connectivity index (χ0) is 16.2. The number of aromatic nitrogens is 2. The van der Waals surface area contributed by atoms with Crippen molar-refractivity contribution in [2.24, 2.45) is 5.92 Å². The molecular weight excluding hydrogens is 308 g/mol. The molecule has 2 N–H and O–H groups in total. The second-order valence-electron chi connectivity index (χ2n) is 6.66. The SMILES string of the molecule is CC(C)CN(Cc1ccsc1)C(=O)NCc1cc(C2CC2)n[nH]1. The number of H-pyrrole nitrogens is 1. The van der Waals surface area contributed by atoms with E-state index in [2.05, 4.69) is 46.9 Å². The molecule has 1 aliphatic carbocycles. The lowest BCUT2D eigenvalue weighted by Gasteiger charge is -2.24. The van der Waals surface area contributed by atoms with Gasteiger partial charge in [0.2, 0.25) is 0 Å². The molecule has 23 heavy (non-hydrogen) atoms. The van der Waals surface area contributed by atoms with Gasteiger partial charge in [0.15, 0.2) is 0 Å². The Kier molecular flexibility index (Phi) is 5.00. The van der Waals surface area contributed by atoms with Crippen LogP contribution >= 0.6 is 11.3 Å². The summed E-state index contributed by atoms with van der Waals surface area (Å²) in [6, 6.07) is 4.12. The summed E-state index contributed by atoms with van der Waals surface area (Å²) >= 11 is 1.66. The molecular formula is C17H24N4OS. The van der Waals surface area contributed by atoms with E-state index in [0.717, 1.165) is 17.9 Å². The van der Waals surface area contributed by atoms with Crippen molar-refractivity contribution in [2.75, 3.05) is 6.54 Å². The van der Waals surface area contributed by atoms with Gasteiger partial charge in [-0.1, -0.05) is 13.8 Å². The summed E-state index contributed by atoms with van der Waals surface area (Å²) in [7, 11) is 0. The second-order valence-corrected chi connectivity index (χ2v) is 7.44. The summed E-state index contributed by atoms with van der Waals surface area (Å²) in [6.07, 6.45) is 2.47. The van der Waals surface area contributed by atoms with E-state index in [-0.39, 0.29) is 6.03 Å². The Hall–Kier alpha value is -1.82. The third kappa shape index (κ3) is 4.58. The molecule has 2 aromatic heterocycles. The molecule has 2 amide bonds. The highest BCUT2D eigenvalue weighted by Gasteiger charge is 2.26. The smallest absolute Gasteiger partial charge is 0.318 e. The van der Waals surface area contributed by atoms with Gasteiger partial charge in [-0.05, 0) is 47.2 Å². The molecule has 3 rings (SSSR count). The average Bonchev–Trinajstić information content (AvgIpc) is 3.04. The Labute approximate surface area is 141 Å². The summed E-state index contributed by atoms with van der Waals surface area (Å²) in [6.45, 7) is 6.16. The number of carbonyl (C=O) groups excluding carboxylic acids is 1. The number of rotatable bonds is 7. The van der Waals surface area contributed by atoms with E-state index in [9.17, 15) is 4.79 Å². The molecule has 0 spiro atoms. The van der Waals surface area contributed by atoms with Crippen LogP contribution in [0.2, 0.25) is 0 Å². The Morgan fingerprint density at radius 3 is 3.00 bits per heavy atom. The Bertz CT molecular complexity index is 631. The number of aromatic amines is 1. The number of nitrogens with one attached hydrogen (secondary N) is 2. The fourth-order valence-corrected chi connectivity index (χ4v) is 3.26. The molecule has 0 aromatic carbocycles. The molecule has 0 atom stereocenters. The number of hydrogen-bond acceptors (Lipinski definition) is 3. The third-order valence-electron chi connectivity index (χ3n) is 3.90. The molecule has 0 aliphatic heterocycles. The Morgan fingerprint density at radius 1 is 1.52 bits per heavy atom. The fourth-order valence-electron chi connectivity index (χ4n) is 2.60. The number of nitrogens with zero attached hydrogens (tertiary/aromatic N) is 2. The highest BCUT2D eigenvalue weighted by Crippen LogP contribution is 2.38. The molecule has 5 nitrogen and oxygen atoms in total. The van der Waals surface area contributed by atoms with Gasteiger partial charge in [0, 0.05) is 19.0 Å². The first-order valence-electron chi connectivity index (χ1n) is 8.20. The van der Waals surface area contributed by atoms with Crippen molar-refractivity contribution in [3.63, 3.8) is 0 Å². The molecule has 0 bridgehead atoms. The first-order chi connectivity index (χ1) is 11.1. The van der Waals surface area contributed by atoms with Crippen molar-refractivity contribution in [2.45, 2.75) is 45.7 Å². The van der Waals surface area contributed by atoms with Crippen LogP contribution in [0, 0.1) is 5.92 Å². The highest BCUT2D eigenvalue weighted by atomic mass is 32.1. The van der Waals surface area contributed by atoms with Gasteiger partial charge >= 0.3 is 6.03 Å². The van der Waals surface area contributed by atoms with Crippen LogP contribution in [-0.4, -0.2) is 27.7 Å². The van der Waals surface area contributed by atoms with Crippen LogP contribution in [0.3, 0.4) is 0 Å². The van der Waals surface area contributed by atoms with Crippen molar-refractivity contribution < 1.29 is 4.79 Å². The molecule has 0 saturated heterocycles. The topological polar surface area (TPSA) is 61.0 Å². The molecule has 0 unspecified atom stereocenters. The van der Waals surface area contributed by atoms with Crippen molar-refractivity contribution >= 4 is 17.4 Å². The number of carbonyl (C=O) groups is 1. The van der Waals surface area contributed by atoms with E-state index in [1.165, 1.54) is 18.4 Å².